The normalized spacial score (nSPS) is 10.8. The molecular weight excluding hydrogens is 295 g/mol. The summed E-state index contributed by atoms with van der Waals surface area (Å²) in [6.07, 6.45) is 1.52. The van der Waals surface area contributed by atoms with Crippen LogP contribution >= 0.6 is 11.6 Å². The monoisotopic (exact) mass is 304 g/mol. The quantitative estimate of drug-likeness (QED) is 0.740. The van der Waals surface area contributed by atoms with E-state index in [9.17, 15) is 9.18 Å². The van der Waals surface area contributed by atoms with Crippen LogP contribution in [0.5, 0.6) is 0 Å². The van der Waals surface area contributed by atoms with Crippen molar-refractivity contribution in [3.63, 3.8) is 0 Å². The van der Waals surface area contributed by atoms with Crippen molar-refractivity contribution in [2.75, 3.05) is 0 Å². The van der Waals surface area contributed by atoms with Gasteiger partial charge in [0.2, 0.25) is 5.56 Å². The Balaban J connectivity index is 2.28. The van der Waals surface area contributed by atoms with E-state index in [-0.39, 0.29) is 10.7 Å². The van der Waals surface area contributed by atoms with Crippen molar-refractivity contribution in [1.82, 2.24) is 19.7 Å². The summed E-state index contributed by atoms with van der Waals surface area (Å²) < 4.78 is 15.3. The number of nitrogens with one attached hydrogen (secondary N) is 1. The fraction of sp³-hybridized carbons (Fsp3) is 0.0714. The lowest BCUT2D eigenvalue weighted by molar-refractivity contribution is 0.628. The third-order valence-corrected chi connectivity index (χ3v) is 3.26. The summed E-state index contributed by atoms with van der Waals surface area (Å²) in [5, 5.41) is 7.99. The Hall–Kier alpha value is -2.47. The van der Waals surface area contributed by atoms with Crippen molar-refractivity contribution in [2.24, 2.45) is 7.05 Å². The molecule has 106 valence electrons. The van der Waals surface area contributed by atoms with E-state index >= 15 is 0 Å². The van der Waals surface area contributed by atoms with E-state index < -0.39 is 5.82 Å². The van der Waals surface area contributed by atoms with Crippen molar-refractivity contribution in [2.45, 2.75) is 0 Å². The van der Waals surface area contributed by atoms with Crippen LogP contribution in [0.1, 0.15) is 0 Å². The molecule has 0 fully saturated rings. The van der Waals surface area contributed by atoms with Crippen molar-refractivity contribution >= 4 is 11.6 Å². The van der Waals surface area contributed by atoms with Gasteiger partial charge >= 0.3 is 0 Å². The molecule has 21 heavy (non-hydrogen) atoms. The Morgan fingerprint density at radius 2 is 2.05 bits per heavy atom. The first-order chi connectivity index (χ1) is 10.0. The molecule has 0 bridgehead atoms. The maximum absolute atomic E-state index is 13.6. The maximum atomic E-state index is 13.6. The average Bonchev–Trinajstić information content (AvgIpc) is 2.83. The van der Waals surface area contributed by atoms with Crippen LogP contribution in [0.15, 0.2) is 41.5 Å². The molecule has 0 aliphatic rings. The van der Waals surface area contributed by atoms with E-state index in [4.69, 9.17) is 11.6 Å². The van der Waals surface area contributed by atoms with Crippen molar-refractivity contribution in [3.05, 3.63) is 58.0 Å². The molecule has 2 aromatic heterocycles. The van der Waals surface area contributed by atoms with Crippen LogP contribution < -0.4 is 5.56 Å². The third-order valence-electron chi connectivity index (χ3n) is 3.06. The van der Waals surface area contributed by atoms with E-state index in [1.165, 1.54) is 24.5 Å². The minimum absolute atomic E-state index is 0.214. The second-order valence-electron chi connectivity index (χ2n) is 4.54. The van der Waals surface area contributed by atoms with Gasteiger partial charge in [0.25, 0.3) is 0 Å². The van der Waals surface area contributed by atoms with Crippen molar-refractivity contribution < 1.29 is 4.39 Å². The molecule has 7 heteroatoms. The molecule has 2 heterocycles. The lowest BCUT2D eigenvalue weighted by Gasteiger charge is -2.09. The summed E-state index contributed by atoms with van der Waals surface area (Å²) >= 11 is 5.88. The van der Waals surface area contributed by atoms with Gasteiger partial charge in [-0.05, 0) is 29.3 Å². The predicted molar refractivity (Wildman–Crippen MR) is 77.5 cm³/mol. The number of aromatic amines is 1. The number of aryl methyl sites for hydroxylation is 1. The van der Waals surface area contributed by atoms with Crippen LogP contribution in [-0.2, 0) is 7.05 Å². The van der Waals surface area contributed by atoms with Gasteiger partial charge in [0.15, 0.2) is 5.82 Å². The second kappa shape index (κ2) is 5.14. The van der Waals surface area contributed by atoms with Gasteiger partial charge in [-0.1, -0.05) is 17.7 Å². The molecule has 0 aliphatic carbocycles. The summed E-state index contributed by atoms with van der Waals surface area (Å²) in [6, 6.07) is 7.28. The Kier molecular flexibility index (Phi) is 3.31. The van der Waals surface area contributed by atoms with Gasteiger partial charge in [0.05, 0.1) is 0 Å². The van der Waals surface area contributed by atoms with Gasteiger partial charge in [-0.3, -0.25) is 4.79 Å². The molecule has 0 aliphatic heterocycles. The van der Waals surface area contributed by atoms with Gasteiger partial charge in [0, 0.05) is 18.7 Å². The largest absolute Gasteiger partial charge is 0.317 e. The van der Waals surface area contributed by atoms with Crippen LogP contribution in [0.3, 0.4) is 0 Å². The third kappa shape index (κ3) is 2.57. The molecule has 0 saturated carbocycles. The van der Waals surface area contributed by atoms with E-state index in [0.717, 1.165) is 0 Å². The minimum Gasteiger partial charge on any atom is -0.317 e. The highest BCUT2D eigenvalue weighted by Crippen LogP contribution is 2.31. The van der Waals surface area contributed by atoms with Crippen LogP contribution in [0.2, 0.25) is 5.15 Å². The lowest BCUT2D eigenvalue weighted by Crippen LogP contribution is -2.04. The predicted octanol–water partition coefficient (Wildman–Crippen LogP) is 2.63. The highest BCUT2D eigenvalue weighted by Gasteiger charge is 2.14. The van der Waals surface area contributed by atoms with Crippen LogP contribution in [0.4, 0.5) is 4.39 Å². The first-order valence-corrected chi connectivity index (χ1v) is 6.46. The van der Waals surface area contributed by atoms with Crippen molar-refractivity contribution in [1.29, 1.82) is 0 Å². The number of rotatable bonds is 2. The Bertz CT molecular complexity index is 871. The van der Waals surface area contributed by atoms with Crippen LogP contribution in [0, 0.1) is 5.82 Å². The van der Waals surface area contributed by atoms with Gasteiger partial charge in [0.1, 0.15) is 17.3 Å². The van der Waals surface area contributed by atoms with E-state index in [0.29, 0.717) is 22.5 Å². The molecule has 0 unspecified atom stereocenters. The second-order valence-corrected chi connectivity index (χ2v) is 4.94. The molecule has 0 radical (unpaired) electrons. The Morgan fingerprint density at radius 1 is 1.24 bits per heavy atom. The summed E-state index contributed by atoms with van der Waals surface area (Å²) in [5.74, 6) is 0.105. The summed E-state index contributed by atoms with van der Waals surface area (Å²) in [4.78, 5) is 14.0. The molecule has 0 spiro atoms. The van der Waals surface area contributed by atoms with E-state index in [2.05, 4.69) is 15.2 Å². The maximum Gasteiger partial charge on any atom is 0.249 e. The molecule has 1 aromatic carbocycles. The van der Waals surface area contributed by atoms with Crippen molar-refractivity contribution in [3.8, 4) is 22.5 Å². The lowest BCUT2D eigenvalue weighted by atomic mass is 10.00. The number of H-pyrrole nitrogens is 1. The van der Waals surface area contributed by atoms with E-state index in [1.54, 1.807) is 23.7 Å². The molecule has 0 saturated heterocycles. The molecule has 5 nitrogen and oxygen atoms in total. The zero-order valence-corrected chi connectivity index (χ0v) is 11.7. The molecule has 3 rings (SSSR count). The Labute approximate surface area is 124 Å². The summed E-state index contributed by atoms with van der Waals surface area (Å²) in [7, 11) is 1.76. The number of aromatic nitrogens is 4. The summed E-state index contributed by atoms with van der Waals surface area (Å²) in [5.41, 5.74) is 1.45. The van der Waals surface area contributed by atoms with Crippen LogP contribution in [0.25, 0.3) is 22.5 Å². The summed E-state index contributed by atoms with van der Waals surface area (Å²) in [6.45, 7) is 0. The minimum atomic E-state index is -0.396. The fourth-order valence-electron chi connectivity index (χ4n) is 2.15. The number of halogens is 2. The SMILES string of the molecule is Cn1cnnc1-c1cc(F)ccc1-c1cc(Cl)[nH]c(=O)c1. The Morgan fingerprint density at radius 3 is 2.71 bits per heavy atom. The highest BCUT2D eigenvalue weighted by atomic mass is 35.5. The first kappa shape index (κ1) is 13.5. The average molecular weight is 305 g/mol. The molecular formula is C14H10ClFN4O. The standard InChI is InChI=1S/C14H10ClFN4O/c1-20-7-17-19-14(20)11-6-9(16)2-3-10(11)8-4-12(15)18-13(21)5-8/h2-7H,1H3,(H,18,21). The molecule has 1 N–H and O–H groups in total. The fourth-order valence-corrected chi connectivity index (χ4v) is 2.36. The zero-order valence-electron chi connectivity index (χ0n) is 11.0. The van der Waals surface area contributed by atoms with Gasteiger partial charge < -0.3 is 9.55 Å². The number of pyridine rings is 1. The zero-order chi connectivity index (χ0) is 15.0. The topological polar surface area (TPSA) is 63.6 Å². The smallest absolute Gasteiger partial charge is 0.249 e. The van der Waals surface area contributed by atoms with Gasteiger partial charge in [-0.25, -0.2) is 4.39 Å². The molecule has 0 amide bonds. The molecule has 3 aromatic rings. The molecule has 0 atom stereocenters. The highest BCUT2D eigenvalue weighted by molar-refractivity contribution is 6.29. The van der Waals surface area contributed by atoms with E-state index in [1.807, 2.05) is 0 Å². The van der Waals surface area contributed by atoms with Gasteiger partial charge in [-0.2, -0.15) is 0 Å². The number of nitrogens with zero attached hydrogens (tertiary/aromatic N) is 3. The number of hydrogen-bond donors (Lipinski definition) is 1. The first-order valence-electron chi connectivity index (χ1n) is 6.09. The van der Waals surface area contributed by atoms with Crippen LogP contribution in [-0.4, -0.2) is 19.7 Å². The number of benzene rings is 1. The van der Waals surface area contributed by atoms with Gasteiger partial charge in [-0.15, -0.1) is 10.2 Å². The number of hydrogen-bond acceptors (Lipinski definition) is 3.